The number of anilines is 1. The Morgan fingerprint density at radius 2 is 1.86 bits per heavy atom. The van der Waals surface area contributed by atoms with Gasteiger partial charge in [0.15, 0.2) is 0 Å². The number of aryl methyl sites for hydroxylation is 1. The number of carbonyl (C=O) groups excluding carboxylic acids is 1. The van der Waals surface area contributed by atoms with Crippen molar-refractivity contribution in [2.45, 2.75) is 13.5 Å². The highest BCUT2D eigenvalue weighted by atomic mass is 79.9. The van der Waals surface area contributed by atoms with Crippen LogP contribution in [-0.2, 0) is 11.3 Å². The predicted octanol–water partition coefficient (Wildman–Crippen LogP) is 5.27. The Labute approximate surface area is 147 Å². The summed E-state index contributed by atoms with van der Waals surface area (Å²) in [7, 11) is 1.35. The Hall–Kier alpha value is -0.790. The molecule has 4 nitrogen and oxygen atoms in total. The highest BCUT2D eigenvalue weighted by molar-refractivity contribution is 9.11. The fraction of sp³-hybridized carbons (Fsp3) is 0.214. The minimum absolute atomic E-state index is 0.395. The number of esters is 1. The first-order chi connectivity index (χ1) is 9.92. The molecule has 2 rings (SSSR count). The maximum Gasteiger partial charge on any atom is 0.341 e. The Morgan fingerprint density at radius 3 is 2.43 bits per heavy atom. The summed E-state index contributed by atoms with van der Waals surface area (Å²) < 4.78 is 13.1. The summed E-state index contributed by atoms with van der Waals surface area (Å²) in [5, 5.41) is 3.26. The second-order valence-electron chi connectivity index (χ2n) is 4.27. The molecule has 0 amide bonds. The number of furan rings is 1. The molecule has 21 heavy (non-hydrogen) atoms. The lowest BCUT2D eigenvalue weighted by molar-refractivity contribution is 0.0599. The summed E-state index contributed by atoms with van der Waals surface area (Å²) in [5.41, 5.74) is 1.36. The molecule has 0 saturated heterocycles. The summed E-state index contributed by atoms with van der Waals surface area (Å²) in [6.45, 7) is 2.19. The van der Waals surface area contributed by atoms with Gasteiger partial charge in [0.1, 0.15) is 17.1 Å². The number of carbonyl (C=O) groups is 1. The quantitative estimate of drug-likeness (QED) is 0.604. The molecular formula is C14H12Br3NO3. The van der Waals surface area contributed by atoms with Gasteiger partial charge in [-0.05, 0) is 57.0 Å². The van der Waals surface area contributed by atoms with Gasteiger partial charge in [-0.3, -0.25) is 0 Å². The molecule has 0 atom stereocenters. The van der Waals surface area contributed by atoms with Crippen LogP contribution in [0.4, 0.5) is 5.69 Å². The normalized spacial score (nSPS) is 10.5. The molecule has 1 N–H and O–H groups in total. The third kappa shape index (κ3) is 3.90. The zero-order valence-corrected chi connectivity index (χ0v) is 16.1. The van der Waals surface area contributed by atoms with E-state index in [9.17, 15) is 4.79 Å². The summed E-state index contributed by atoms with van der Waals surface area (Å²) >= 11 is 10.4. The van der Waals surface area contributed by atoms with Crippen LogP contribution >= 0.6 is 47.8 Å². The third-order valence-corrected chi connectivity index (χ3v) is 4.53. The second kappa shape index (κ2) is 6.98. The van der Waals surface area contributed by atoms with E-state index in [1.165, 1.54) is 7.11 Å². The van der Waals surface area contributed by atoms with Gasteiger partial charge in [0.2, 0.25) is 0 Å². The van der Waals surface area contributed by atoms with Crippen molar-refractivity contribution >= 4 is 59.4 Å². The topological polar surface area (TPSA) is 51.5 Å². The average molecular weight is 482 g/mol. The van der Waals surface area contributed by atoms with Gasteiger partial charge in [0.05, 0.1) is 19.3 Å². The van der Waals surface area contributed by atoms with Crippen molar-refractivity contribution < 1.29 is 13.9 Å². The maximum absolute atomic E-state index is 11.5. The number of benzene rings is 1. The summed E-state index contributed by atoms with van der Waals surface area (Å²) in [6.07, 6.45) is 0. The van der Waals surface area contributed by atoms with Gasteiger partial charge in [-0.15, -0.1) is 0 Å². The number of hydrogen-bond donors (Lipinski definition) is 1. The van der Waals surface area contributed by atoms with Crippen LogP contribution in [0, 0.1) is 6.92 Å². The SMILES string of the molecule is COC(=O)c1cc(CNc2c(Br)cc(Br)cc2Br)oc1C. The first kappa shape index (κ1) is 16.6. The minimum atomic E-state index is -0.395. The van der Waals surface area contributed by atoms with Gasteiger partial charge in [-0.2, -0.15) is 0 Å². The number of ether oxygens (including phenoxy) is 1. The van der Waals surface area contributed by atoms with E-state index < -0.39 is 5.97 Å². The lowest BCUT2D eigenvalue weighted by Gasteiger charge is -2.10. The van der Waals surface area contributed by atoms with Gasteiger partial charge < -0.3 is 14.5 Å². The number of hydrogen-bond acceptors (Lipinski definition) is 4. The molecule has 0 aliphatic carbocycles. The number of halogens is 3. The molecule has 1 heterocycles. The van der Waals surface area contributed by atoms with Crippen LogP contribution < -0.4 is 5.32 Å². The van der Waals surface area contributed by atoms with E-state index in [4.69, 9.17) is 9.15 Å². The molecular weight excluding hydrogens is 470 g/mol. The van der Waals surface area contributed by atoms with E-state index in [0.717, 1.165) is 19.1 Å². The van der Waals surface area contributed by atoms with E-state index in [1.807, 2.05) is 12.1 Å². The maximum atomic E-state index is 11.5. The molecule has 7 heteroatoms. The van der Waals surface area contributed by atoms with E-state index in [0.29, 0.717) is 23.6 Å². The lowest BCUT2D eigenvalue weighted by atomic mass is 10.2. The van der Waals surface area contributed by atoms with E-state index in [-0.39, 0.29) is 0 Å². The second-order valence-corrected chi connectivity index (χ2v) is 6.90. The zero-order valence-electron chi connectivity index (χ0n) is 11.3. The molecule has 0 aliphatic heterocycles. The molecule has 0 saturated carbocycles. The van der Waals surface area contributed by atoms with Crippen molar-refractivity contribution in [2.24, 2.45) is 0 Å². The zero-order chi connectivity index (χ0) is 15.6. The fourth-order valence-electron chi connectivity index (χ4n) is 1.83. The van der Waals surface area contributed by atoms with Crippen LogP contribution in [0.2, 0.25) is 0 Å². The predicted molar refractivity (Wildman–Crippen MR) is 91.7 cm³/mol. The van der Waals surface area contributed by atoms with Crippen LogP contribution in [0.5, 0.6) is 0 Å². The van der Waals surface area contributed by atoms with Crippen LogP contribution in [-0.4, -0.2) is 13.1 Å². The highest BCUT2D eigenvalue weighted by Crippen LogP contribution is 2.34. The Morgan fingerprint density at radius 1 is 1.24 bits per heavy atom. The average Bonchev–Trinajstić information content (AvgIpc) is 2.78. The molecule has 112 valence electrons. The van der Waals surface area contributed by atoms with Crippen molar-refractivity contribution in [1.82, 2.24) is 0 Å². The van der Waals surface area contributed by atoms with E-state index in [2.05, 4.69) is 53.1 Å². The highest BCUT2D eigenvalue weighted by Gasteiger charge is 2.15. The van der Waals surface area contributed by atoms with Gasteiger partial charge >= 0.3 is 5.97 Å². The standard InChI is InChI=1S/C14H12Br3NO3/c1-7-10(14(19)20-2)5-9(21-7)6-18-13-11(16)3-8(15)4-12(13)17/h3-5,18H,6H2,1-2H3. The van der Waals surface area contributed by atoms with E-state index >= 15 is 0 Å². The van der Waals surface area contributed by atoms with Crippen LogP contribution in [0.1, 0.15) is 21.9 Å². The monoisotopic (exact) mass is 479 g/mol. The van der Waals surface area contributed by atoms with Crippen molar-refractivity contribution in [3.8, 4) is 0 Å². The molecule has 1 aromatic heterocycles. The van der Waals surface area contributed by atoms with Crippen molar-refractivity contribution in [1.29, 1.82) is 0 Å². The Balaban J connectivity index is 2.16. The van der Waals surface area contributed by atoms with Gasteiger partial charge in [0.25, 0.3) is 0 Å². The third-order valence-electron chi connectivity index (χ3n) is 2.82. The molecule has 0 bridgehead atoms. The van der Waals surface area contributed by atoms with E-state index in [1.54, 1.807) is 13.0 Å². The first-order valence-electron chi connectivity index (χ1n) is 5.98. The van der Waals surface area contributed by atoms with Gasteiger partial charge in [-0.25, -0.2) is 4.79 Å². The molecule has 0 radical (unpaired) electrons. The molecule has 1 aromatic carbocycles. The van der Waals surface area contributed by atoms with Gasteiger partial charge in [0, 0.05) is 13.4 Å². The van der Waals surface area contributed by atoms with Crippen molar-refractivity contribution in [3.63, 3.8) is 0 Å². The molecule has 2 aromatic rings. The Kier molecular flexibility index (Phi) is 5.51. The van der Waals surface area contributed by atoms with Crippen molar-refractivity contribution in [3.05, 3.63) is 48.7 Å². The number of rotatable bonds is 4. The molecule has 0 aliphatic rings. The number of nitrogens with one attached hydrogen (secondary N) is 1. The molecule has 0 spiro atoms. The molecule has 0 fully saturated rings. The Bertz CT molecular complexity index is 659. The van der Waals surface area contributed by atoms with Crippen LogP contribution in [0.3, 0.4) is 0 Å². The minimum Gasteiger partial charge on any atom is -0.465 e. The summed E-state index contributed by atoms with van der Waals surface area (Å²) in [4.78, 5) is 11.5. The number of methoxy groups -OCH3 is 1. The smallest absolute Gasteiger partial charge is 0.341 e. The lowest BCUT2D eigenvalue weighted by Crippen LogP contribution is -2.01. The molecule has 0 unspecified atom stereocenters. The van der Waals surface area contributed by atoms with Crippen molar-refractivity contribution in [2.75, 3.05) is 12.4 Å². The largest absolute Gasteiger partial charge is 0.465 e. The summed E-state index contributed by atoms with van der Waals surface area (Å²) in [6, 6.07) is 5.58. The fourth-order valence-corrected chi connectivity index (χ4v) is 4.37. The first-order valence-corrected chi connectivity index (χ1v) is 8.36. The van der Waals surface area contributed by atoms with Gasteiger partial charge in [-0.1, -0.05) is 15.9 Å². The van der Waals surface area contributed by atoms with Crippen LogP contribution in [0.15, 0.2) is 36.0 Å². The summed E-state index contributed by atoms with van der Waals surface area (Å²) in [5.74, 6) is 0.815. The van der Waals surface area contributed by atoms with Crippen LogP contribution in [0.25, 0.3) is 0 Å².